The van der Waals surface area contributed by atoms with Crippen LogP contribution in [0.4, 0.5) is 4.39 Å². The molecule has 1 fully saturated rings. The highest BCUT2D eigenvalue weighted by molar-refractivity contribution is 5.79. The van der Waals surface area contributed by atoms with Gasteiger partial charge >= 0.3 is 0 Å². The molecule has 3 rings (SSSR count). The highest BCUT2D eigenvalue weighted by Crippen LogP contribution is 2.15. The van der Waals surface area contributed by atoms with Crippen LogP contribution in [0.1, 0.15) is 37.8 Å². The number of hydrogen-bond donors (Lipinski definition) is 2. The van der Waals surface area contributed by atoms with Gasteiger partial charge in [0.2, 0.25) is 0 Å². The van der Waals surface area contributed by atoms with Crippen molar-refractivity contribution in [1.82, 2.24) is 10.6 Å². The maximum atomic E-state index is 13.0. The third-order valence-corrected chi connectivity index (χ3v) is 5.12. The number of rotatable bonds is 10. The predicted octanol–water partition coefficient (Wildman–Crippen LogP) is 4.04. The number of guanidine groups is 1. The van der Waals surface area contributed by atoms with Crippen LogP contribution in [-0.2, 0) is 22.6 Å². The Labute approximate surface area is 190 Å². The van der Waals surface area contributed by atoms with Crippen LogP contribution in [0.25, 0.3) is 0 Å². The van der Waals surface area contributed by atoms with E-state index in [1.54, 1.807) is 12.1 Å². The molecule has 32 heavy (non-hydrogen) atoms. The molecule has 1 aliphatic rings. The van der Waals surface area contributed by atoms with Gasteiger partial charge in [0, 0.05) is 19.8 Å². The molecule has 174 valence electrons. The van der Waals surface area contributed by atoms with E-state index in [1.807, 2.05) is 19.9 Å². The highest BCUT2D eigenvalue weighted by Gasteiger charge is 2.14. The van der Waals surface area contributed by atoms with Crippen LogP contribution in [0.2, 0.25) is 0 Å². The third kappa shape index (κ3) is 8.48. The van der Waals surface area contributed by atoms with Gasteiger partial charge in [0.05, 0.1) is 25.8 Å². The van der Waals surface area contributed by atoms with Gasteiger partial charge in [-0.25, -0.2) is 9.38 Å². The van der Waals surface area contributed by atoms with Crippen LogP contribution in [0.3, 0.4) is 0 Å². The SMILES string of the molecule is CCNC(=NCc1cccc(COC2CCOCC2)c1)NCC(C)Oc1ccc(F)cc1. The molecule has 0 amide bonds. The van der Waals surface area contributed by atoms with E-state index >= 15 is 0 Å². The molecule has 0 radical (unpaired) electrons. The lowest BCUT2D eigenvalue weighted by Crippen LogP contribution is -2.41. The molecule has 0 aromatic heterocycles. The molecule has 2 N–H and O–H groups in total. The number of nitrogens with one attached hydrogen (secondary N) is 2. The maximum Gasteiger partial charge on any atom is 0.191 e. The van der Waals surface area contributed by atoms with E-state index in [0.717, 1.165) is 49.7 Å². The summed E-state index contributed by atoms with van der Waals surface area (Å²) in [7, 11) is 0. The summed E-state index contributed by atoms with van der Waals surface area (Å²) >= 11 is 0. The van der Waals surface area contributed by atoms with E-state index in [1.165, 1.54) is 12.1 Å². The van der Waals surface area contributed by atoms with Gasteiger partial charge in [0.25, 0.3) is 0 Å². The van der Waals surface area contributed by atoms with Gasteiger partial charge in [0.15, 0.2) is 5.96 Å². The molecule has 7 heteroatoms. The van der Waals surface area contributed by atoms with Crippen LogP contribution in [-0.4, -0.2) is 44.5 Å². The summed E-state index contributed by atoms with van der Waals surface area (Å²) in [5.41, 5.74) is 2.29. The summed E-state index contributed by atoms with van der Waals surface area (Å²) in [5.74, 6) is 1.09. The van der Waals surface area contributed by atoms with Gasteiger partial charge < -0.3 is 24.8 Å². The molecule has 1 saturated heterocycles. The fraction of sp³-hybridized carbons (Fsp3) is 0.480. The number of benzene rings is 2. The molecular formula is C25H34FN3O3. The summed E-state index contributed by atoms with van der Waals surface area (Å²) in [6.07, 6.45) is 2.11. The number of halogens is 1. The second-order valence-corrected chi connectivity index (χ2v) is 7.90. The number of aliphatic imine (C=N–C) groups is 1. The quantitative estimate of drug-likeness (QED) is 0.429. The van der Waals surface area contributed by atoms with Crippen LogP contribution in [0, 0.1) is 5.82 Å². The van der Waals surface area contributed by atoms with Gasteiger partial charge in [-0.1, -0.05) is 24.3 Å². The monoisotopic (exact) mass is 443 g/mol. The zero-order valence-electron chi connectivity index (χ0n) is 19.0. The average molecular weight is 444 g/mol. The van der Waals surface area contributed by atoms with Crippen molar-refractivity contribution in [3.63, 3.8) is 0 Å². The lowest BCUT2D eigenvalue weighted by atomic mass is 10.1. The summed E-state index contributed by atoms with van der Waals surface area (Å²) in [4.78, 5) is 4.70. The molecule has 0 aliphatic carbocycles. The smallest absolute Gasteiger partial charge is 0.191 e. The first kappa shape index (κ1) is 24.0. The third-order valence-electron chi connectivity index (χ3n) is 5.12. The molecule has 2 aromatic rings. The van der Waals surface area contributed by atoms with E-state index < -0.39 is 0 Å². The lowest BCUT2D eigenvalue weighted by molar-refractivity contribution is -0.0390. The van der Waals surface area contributed by atoms with Crippen molar-refractivity contribution >= 4 is 5.96 Å². The van der Waals surface area contributed by atoms with Crippen molar-refractivity contribution in [1.29, 1.82) is 0 Å². The van der Waals surface area contributed by atoms with Crippen LogP contribution in [0.5, 0.6) is 5.75 Å². The Hall–Kier alpha value is -2.64. The molecule has 0 spiro atoms. The summed E-state index contributed by atoms with van der Waals surface area (Å²) in [6.45, 7) is 8.07. The van der Waals surface area contributed by atoms with Gasteiger partial charge in [-0.2, -0.15) is 0 Å². The van der Waals surface area contributed by atoms with Crippen molar-refractivity contribution in [2.24, 2.45) is 4.99 Å². The molecule has 6 nitrogen and oxygen atoms in total. The van der Waals surface area contributed by atoms with Gasteiger partial charge in [-0.05, 0) is 62.1 Å². The molecule has 1 atom stereocenters. The first-order chi connectivity index (χ1) is 15.6. The minimum absolute atomic E-state index is 0.102. The van der Waals surface area contributed by atoms with Crippen molar-refractivity contribution in [3.8, 4) is 5.75 Å². The lowest BCUT2D eigenvalue weighted by Gasteiger charge is -2.22. The van der Waals surface area contributed by atoms with Crippen molar-refractivity contribution < 1.29 is 18.6 Å². The zero-order valence-corrected chi connectivity index (χ0v) is 19.0. The molecule has 1 aliphatic heterocycles. The number of hydrogen-bond acceptors (Lipinski definition) is 4. The summed E-state index contributed by atoms with van der Waals surface area (Å²) in [5, 5.41) is 6.57. The first-order valence-electron chi connectivity index (χ1n) is 11.3. The van der Waals surface area contributed by atoms with Gasteiger partial charge in [-0.15, -0.1) is 0 Å². The van der Waals surface area contributed by atoms with Crippen molar-refractivity contribution in [3.05, 3.63) is 65.5 Å². The van der Waals surface area contributed by atoms with Crippen LogP contribution in [0.15, 0.2) is 53.5 Å². The second-order valence-electron chi connectivity index (χ2n) is 7.90. The van der Waals surface area contributed by atoms with Gasteiger partial charge in [-0.3, -0.25) is 0 Å². The molecular weight excluding hydrogens is 409 g/mol. The van der Waals surface area contributed by atoms with Crippen molar-refractivity contribution in [2.45, 2.75) is 52.0 Å². The van der Waals surface area contributed by atoms with E-state index in [0.29, 0.717) is 25.4 Å². The normalized spacial score (nSPS) is 15.9. The average Bonchev–Trinajstić information content (AvgIpc) is 2.82. The van der Waals surface area contributed by atoms with Crippen molar-refractivity contribution in [2.75, 3.05) is 26.3 Å². The summed E-state index contributed by atoms with van der Waals surface area (Å²) < 4.78 is 30.3. The standard InChI is InChI=1S/C25H34FN3O3/c1-3-27-25(28-16-19(2)32-24-9-7-22(26)8-10-24)29-17-20-5-4-6-21(15-20)18-31-23-11-13-30-14-12-23/h4-10,15,19,23H,3,11-14,16-18H2,1-2H3,(H2,27,28,29). The zero-order chi connectivity index (χ0) is 22.6. The molecule has 2 aromatic carbocycles. The maximum absolute atomic E-state index is 13.0. The summed E-state index contributed by atoms with van der Waals surface area (Å²) in [6, 6.07) is 14.4. The number of nitrogens with zero attached hydrogens (tertiary/aromatic N) is 1. The fourth-order valence-corrected chi connectivity index (χ4v) is 3.41. The second kappa shape index (κ2) is 13.0. The van der Waals surface area contributed by atoms with E-state index in [-0.39, 0.29) is 18.0 Å². The Morgan fingerprint density at radius 3 is 2.62 bits per heavy atom. The van der Waals surface area contributed by atoms with E-state index in [2.05, 4.69) is 28.8 Å². The molecule has 0 bridgehead atoms. The Morgan fingerprint density at radius 1 is 1.12 bits per heavy atom. The Balaban J connectivity index is 1.48. The predicted molar refractivity (Wildman–Crippen MR) is 124 cm³/mol. The Kier molecular flexibility index (Phi) is 9.78. The van der Waals surface area contributed by atoms with Crippen LogP contribution < -0.4 is 15.4 Å². The number of ether oxygens (including phenoxy) is 3. The van der Waals surface area contributed by atoms with E-state index in [9.17, 15) is 4.39 Å². The minimum atomic E-state index is -0.274. The topological polar surface area (TPSA) is 64.1 Å². The molecule has 1 heterocycles. The van der Waals surface area contributed by atoms with Crippen LogP contribution >= 0.6 is 0 Å². The Morgan fingerprint density at radius 2 is 1.88 bits per heavy atom. The van der Waals surface area contributed by atoms with Gasteiger partial charge in [0.1, 0.15) is 17.7 Å². The van der Waals surface area contributed by atoms with E-state index in [4.69, 9.17) is 19.2 Å². The fourth-order valence-electron chi connectivity index (χ4n) is 3.41. The molecule has 1 unspecified atom stereocenters. The molecule has 0 saturated carbocycles. The Bertz CT molecular complexity index is 839. The highest BCUT2D eigenvalue weighted by atomic mass is 19.1. The minimum Gasteiger partial charge on any atom is -0.489 e. The first-order valence-corrected chi connectivity index (χ1v) is 11.3. The largest absolute Gasteiger partial charge is 0.489 e.